The fourth-order valence-electron chi connectivity index (χ4n) is 3.27. The maximum atomic E-state index is 13.3. The molecule has 0 heterocycles. The molecule has 0 aliphatic carbocycles. The number of amides is 2. The van der Waals surface area contributed by atoms with Crippen molar-refractivity contribution in [1.29, 1.82) is 0 Å². The Morgan fingerprint density at radius 3 is 2.15 bits per heavy atom. The van der Waals surface area contributed by atoms with Crippen LogP contribution in [0.25, 0.3) is 0 Å². The van der Waals surface area contributed by atoms with Gasteiger partial charge in [-0.15, -0.1) is 0 Å². The zero-order valence-electron chi connectivity index (χ0n) is 20.2. The van der Waals surface area contributed by atoms with Gasteiger partial charge in [0.15, 0.2) is 6.61 Å². The molecule has 9 heteroatoms. The van der Waals surface area contributed by atoms with E-state index in [1.165, 1.54) is 19.1 Å². The van der Waals surface area contributed by atoms with Crippen LogP contribution in [-0.4, -0.2) is 50.1 Å². The van der Waals surface area contributed by atoms with Gasteiger partial charge in [0, 0.05) is 41.3 Å². The lowest BCUT2D eigenvalue weighted by atomic mass is 10.1. The van der Waals surface area contributed by atoms with Crippen molar-refractivity contribution in [2.75, 3.05) is 27.4 Å². The maximum Gasteiger partial charge on any atom is 0.261 e. The van der Waals surface area contributed by atoms with Crippen LogP contribution in [0.3, 0.4) is 0 Å². The lowest BCUT2D eigenvalue weighted by Gasteiger charge is -2.31. The van der Waals surface area contributed by atoms with Gasteiger partial charge in [-0.2, -0.15) is 0 Å². The lowest BCUT2D eigenvalue weighted by Crippen LogP contribution is -2.50. The molecule has 186 valence electrons. The quantitative estimate of drug-likeness (QED) is 0.436. The van der Waals surface area contributed by atoms with Gasteiger partial charge in [0.1, 0.15) is 23.3 Å². The summed E-state index contributed by atoms with van der Waals surface area (Å²) in [5.74, 6) is 1.17. The Morgan fingerprint density at radius 1 is 1.00 bits per heavy atom. The minimum atomic E-state index is -0.693. The minimum Gasteiger partial charge on any atom is -0.496 e. The van der Waals surface area contributed by atoms with Crippen molar-refractivity contribution < 1.29 is 23.8 Å². The van der Waals surface area contributed by atoms with Gasteiger partial charge in [-0.25, -0.2) is 0 Å². The van der Waals surface area contributed by atoms with Gasteiger partial charge in [0.2, 0.25) is 5.91 Å². The number of nitrogens with zero attached hydrogens (tertiary/aromatic N) is 1. The van der Waals surface area contributed by atoms with Crippen LogP contribution in [0.15, 0.2) is 36.4 Å². The maximum absolute atomic E-state index is 13.3. The summed E-state index contributed by atoms with van der Waals surface area (Å²) >= 11 is 12.4. The summed E-state index contributed by atoms with van der Waals surface area (Å²) in [4.78, 5) is 27.8. The Bertz CT molecular complexity index is 962. The van der Waals surface area contributed by atoms with E-state index in [1.807, 2.05) is 20.8 Å². The highest BCUT2D eigenvalue weighted by atomic mass is 35.5. The number of hydrogen-bond donors (Lipinski definition) is 1. The summed E-state index contributed by atoms with van der Waals surface area (Å²) in [6, 6.07) is 9.38. The molecule has 0 saturated carbocycles. The lowest BCUT2D eigenvalue weighted by molar-refractivity contribution is -0.143. The molecular formula is C25H32Cl2N2O5. The largest absolute Gasteiger partial charge is 0.496 e. The topological polar surface area (TPSA) is 77.1 Å². The van der Waals surface area contributed by atoms with Crippen molar-refractivity contribution in [3.8, 4) is 17.2 Å². The Labute approximate surface area is 211 Å². The van der Waals surface area contributed by atoms with Crippen LogP contribution in [0.1, 0.15) is 32.8 Å². The Kier molecular flexibility index (Phi) is 10.8. The molecule has 2 amide bonds. The summed E-state index contributed by atoms with van der Waals surface area (Å²) in [6.07, 6.45) is 0.424. The average molecular weight is 511 g/mol. The van der Waals surface area contributed by atoms with Crippen LogP contribution >= 0.6 is 23.2 Å². The second-order valence-corrected chi connectivity index (χ2v) is 9.00. The Balaban J connectivity index is 2.28. The molecule has 0 spiro atoms. The van der Waals surface area contributed by atoms with E-state index in [0.29, 0.717) is 45.8 Å². The number of nitrogens with one attached hydrogen (secondary N) is 1. The van der Waals surface area contributed by atoms with Gasteiger partial charge >= 0.3 is 0 Å². The van der Waals surface area contributed by atoms with E-state index >= 15 is 0 Å². The van der Waals surface area contributed by atoms with E-state index < -0.39 is 6.04 Å². The highest BCUT2D eigenvalue weighted by molar-refractivity contribution is 6.35. The predicted molar refractivity (Wildman–Crippen MR) is 134 cm³/mol. The minimum absolute atomic E-state index is 0.132. The number of halogens is 2. The Hall–Kier alpha value is -2.64. The van der Waals surface area contributed by atoms with Gasteiger partial charge < -0.3 is 24.4 Å². The normalized spacial score (nSPS) is 11.6. The highest BCUT2D eigenvalue weighted by Crippen LogP contribution is 2.28. The first-order valence-corrected chi connectivity index (χ1v) is 11.8. The number of carbonyl (C=O) groups is 2. The molecule has 1 atom stereocenters. The smallest absolute Gasteiger partial charge is 0.261 e. The van der Waals surface area contributed by atoms with E-state index in [1.54, 1.807) is 36.4 Å². The number of hydrogen-bond acceptors (Lipinski definition) is 5. The van der Waals surface area contributed by atoms with Gasteiger partial charge in [0.05, 0.1) is 14.2 Å². The number of benzene rings is 2. The number of methoxy groups -OCH3 is 2. The second kappa shape index (κ2) is 13.3. The molecular weight excluding hydrogens is 479 g/mol. The standard InChI is InChI=1S/C25H32Cl2N2O5/c1-6-23(25(31)28-13-16(2)3)29(14-17-7-8-18(26)9-22(17)27)24(30)15-34-21-11-19(32-4)10-20(12-21)33-5/h7-12,16,23H,6,13-15H2,1-5H3,(H,28,31). The third-order valence-corrected chi connectivity index (χ3v) is 5.70. The fraction of sp³-hybridized carbons (Fsp3) is 0.440. The van der Waals surface area contributed by atoms with Crippen LogP contribution in [0.4, 0.5) is 0 Å². The fourth-order valence-corrected chi connectivity index (χ4v) is 3.74. The van der Waals surface area contributed by atoms with Crippen LogP contribution in [0, 0.1) is 5.92 Å². The van der Waals surface area contributed by atoms with E-state index in [-0.39, 0.29) is 30.9 Å². The average Bonchev–Trinajstić information content (AvgIpc) is 2.81. The summed E-state index contributed by atoms with van der Waals surface area (Å²) in [5.41, 5.74) is 0.678. The van der Waals surface area contributed by atoms with E-state index in [4.69, 9.17) is 37.4 Å². The predicted octanol–water partition coefficient (Wildman–Crippen LogP) is 4.97. The van der Waals surface area contributed by atoms with Crippen LogP contribution < -0.4 is 19.5 Å². The first-order chi connectivity index (χ1) is 16.2. The zero-order chi connectivity index (χ0) is 25.3. The number of rotatable bonds is 12. The molecule has 0 radical (unpaired) electrons. The third-order valence-electron chi connectivity index (χ3n) is 5.11. The summed E-state index contributed by atoms with van der Waals surface area (Å²) < 4.78 is 16.3. The van der Waals surface area contributed by atoms with Crippen molar-refractivity contribution in [2.24, 2.45) is 5.92 Å². The van der Waals surface area contributed by atoms with Crippen molar-refractivity contribution in [2.45, 2.75) is 39.8 Å². The third kappa shape index (κ3) is 7.99. The summed E-state index contributed by atoms with van der Waals surface area (Å²) in [7, 11) is 3.06. The zero-order valence-corrected chi connectivity index (χ0v) is 21.7. The van der Waals surface area contributed by atoms with Crippen LogP contribution in [0.5, 0.6) is 17.2 Å². The van der Waals surface area contributed by atoms with Gasteiger partial charge in [-0.1, -0.05) is 50.0 Å². The van der Waals surface area contributed by atoms with Crippen molar-refractivity contribution in [3.63, 3.8) is 0 Å². The van der Waals surface area contributed by atoms with Crippen LogP contribution in [0.2, 0.25) is 10.0 Å². The van der Waals surface area contributed by atoms with Crippen molar-refractivity contribution in [1.82, 2.24) is 10.2 Å². The molecule has 0 fully saturated rings. The first-order valence-electron chi connectivity index (χ1n) is 11.0. The molecule has 1 N–H and O–H groups in total. The molecule has 0 saturated heterocycles. The molecule has 2 aromatic rings. The van der Waals surface area contributed by atoms with E-state index in [2.05, 4.69) is 5.32 Å². The van der Waals surface area contributed by atoms with Crippen LogP contribution in [-0.2, 0) is 16.1 Å². The monoisotopic (exact) mass is 510 g/mol. The molecule has 34 heavy (non-hydrogen) atoms. The first kappa shape index (κ1) is 27.6. The van der Waals surface area contributed by atoms with Gasteiger partial charge in [-0.05, 0) is 30.0 Å². The highest BCUT2D eigenvalue weighted by Gasteiger charge is 2.29. The molecule has 0 aromatic heterocycles. The van der Waals surface area contributed by atoms with E-state index in [9.17, 15) is 9.59 Å². The Morgan fingerprint density at radius 2 is 1.62 bits per heavy atom. The molecule has 2 rings (SSSR count). The summed E-state index contributed by atoms with van der Waals surface area (Å²) in [6.45, 7) is 6.24. The molecule has 2 aromatic carbocycles. The van der Waals surface area contributed by atoms with Crippen molar-refractivity contribution >= 4 is 35.0 Å². The van der Waals surface area contributed by atoms with Gasteiger partial charge in [-0.3, -0.25) is 9.59 Å². The molecule has 7 nitrogen and oxygen atoms in total. The molecule has 0 bridgehead atoms. The SMILES string of the molecule is CCC(C(=O)NCC(C)C)N(Cc1ccc(Cl)cc1Cl)C(=O)COc1cc(OC)cc(OC)c1. The molecule has 0 aliphatic heterocycles. The van der Waals surface area contributed by atoms with E-state index in [0.717, 1.165) is 0 Å². The summed E-state index contributed by atoms with van der Waals surface area (Å²) in [5, 5.41) is 3.83. The van der Waals surface area contributed by atoms with Crippen molar-refractivity contribution in [3.05, 3.63) is 52.0 Å². The second-order valence-electron chi connectivity index (χ2n) is 8.16. The van der Waals surface area contributed by atoms with Gasteiger partial charge in [0.25, 0.3) is 5.91 Å². The number of carbonyl (C=O) groups excluding carboxylic acids is 2. The molecule has 0 aliphatic rings. The molecule has 1 unspecified atom stereocenters. The number of ether oxygens (including phenoxy) is 3.